The predicted molar refractivity (Wildman–Crippen MR) is 85.0 cm³/mol. The highest BCUT2D eigenvalue weighted by molar-refractivity contribution is 5.98. The number of imide groups is 1. The monoisotopic (exact) mass is 329 g/mol. The van der Waals surface area contributed by atoms with Gasteiger partial charge in [-0.1, -0.05) is 18.9 Å². The van der Waals surface area contributed by atoms with Crippen molar-refractivity contribution in [1.29, 1.82) is 5.26 Å². The van der Waals surface area contributed by atoms with Gasteiger partial charge in [-0.3, -0.25) is 10.1 Å². The third-order valence-corrected chi connectivity index (χ3v) is 3.81. The molecule has 1 aliphatic rings. The standard InChI is InChI=1S/C17H19N3O4/c1-11(15(21)20-17(23)19-14-7-2-3-8-14)24-16(22)13-6-4-5-12(9-13)10-18/h4-6,9,11,14H,2-3,7-8H2,1H3,(H2,19,20,21,23). The second-order valence-corrected chi connectivity index (χ2v) is 5.68. The Labute approximate surface area is 140 Å². The lowest BCUT2D eigenvalue weighted by molar-refractivity contribution is -0.127. The summed E-state index contributed by atoms with van der Waals surface area (Å²) in [6.45, 7) is 1.38. The average molecular weight is 329 g/mol. The zero-order chi connectivity index (χ0) is 17.5. The van der Waals surface area contributed by atoms with E-state index in [-0.39, 0.29) is 11.6 Å². The van der Waals surface area contributed by atoms with E-state index in [1.165, 1.54) is 19.1 Å². The summed E-state index contributed by atoms with van der Waals surface area (Å²) < 4.78 is 5.03. The summed E-state index contributed by atoms with van der Waals surface area (Å²) >= 11 is 0. The van der Waals surface area contributed by atoms with Gasteiger partial charge in [0.2, 0.25) is 0 Å². The second-order valence-electron chi connectivity index (χ2n) is 5.68. The lowest BCUT2D eigenvalue weighted by Crippen LogP contribution is -2.47. The van der Waals surface area contributed by atoms with Gasteiger partial charge in [-0.15, -0.1) is 0 Å². The van der Waals surface area contributed by atoms with Crippen LogP contribution in [-0.4, -0.2) is 30.1 Å². The Balaban J connectivity index is 1.85. The van der Waals surface area contributed by atoms with Gasteiger partial charge in [0.1, 0.15) is 0 Å². The van der Waals surface area contributed by atoms with Crippen LogP contribution in [0, 0.1) is 11.3 Å². The first kappa shape index (κ1) is 17.5. The van der Waals surface area contributed by atoms with E-state index in [1.54, 1.807) is 12.1 Å². The van der Waals surface area contributed by atoms with Crippen molar-refractivity contribution in [1.82, 2.24) is 10.6 Å². The number of esters is 1. The van der Waals surface area contributed by atoms with Crippen LogP contribution in [0.25, 0.3) is 0 Å². The molecule has 0 radical (unpaired) electrons. The molecule has 1 fully saturated rings. The van der Waals surface area contributed by atoms with Crippen LogP contribution in [0.3, 0.4) is 0 Å². The zero-order valence-corrected chi connectivity index (χ0v) is 13.4. The third-order valence-electron chi connectivity index (χ3n) is 3.81. The number of nitriles is 1. The van der Waals surface area contributed by atoms with Crippen molar-refractivity contribution in [2.75, 3.05) is 0 Å². The van der Waals surface area contributed by atoms with E-state index in [1.807, 2.05) is 6.07 Å². The number of ether oxygens (including phenoxy) is 1. The Morgan fingerprint density at radius 1 is 1.29 bits per heavy atom. The van der Waals surface area contributed by atoms with Crippen LogP contribution in [0.2, 0.25) is 0 Å². The van der Waals surface area contributed by atoms with Crippen molar-refractivity contribution in [3.8, 4) is 6.07 Å². The SMILES string of the molecule is CC(OC(=O)c1cccc(C#N)c1)C(=O)NC(=O)NC1CCCC1. The molecule has 126 valence electrons. The van der Waals surface area contributed by atoms with E-state index < -0.39 is 24.0 Å². The second kappa shape index (κ2) is 8.11. The number of amides is 3. The zero-order valence-electron chi connectivity index (χ0n) is 13.4. The van der Waals surface area contributed by atoms with Gasteiger partial charge >= 0.3 is 12.0 Å². The van der Waals surface area contributed by atoms with Crippen molar-refractivity contribution in [3.05, 3.63) is 35.4 Å². The quantitative estimate of drug-likeness (QED) is 0.820. The number of carbonyl (C=O) groups is 3. The Morgan fingerprint density at radius 2 is 2.00 bits per heavy atom. The summed E-state index contributed by atoms with van der Waals surface area (Å²) in [6.07, 6.45) is 2.81. The summed E-state index contributed by atoms with van der Waals surface area (Å²) in [5, 5.41) is 13.7. The highest BCUT2D eigenvalue weighted by atomic mass is 16.5. The van der Waals surface area contributed by atoms with Crippen LogP contribution in [0.1, 0.15) is 48.5 Å². The summed E-state index contributed by atoms with van der Waals surface area (Å²) in [6, 6.07) is 7.39. The van der Waals surface area contributed by atoms with Gasteiger partial charge in [0, 0.05) is 6.04 Å². The fraction of sp³-hybridized carbons (Fsp3) is 0.412. The first-order chi connectivity index (χ1) is 11.5. The minimum Gasteiger partial charge on any atom is -0.449 e. The molecule has 1 aliphatic carbocycles. The molecule has 1 atom stereocenters. The maximum Gasteiger partial charge on any atom is 0.338 e. The molecule has 2 rings (SSSR count). The van der Waals surface area contributed by atoms with Gasteiger partial charge in [0.15, 0.2) is 6.10 Å². The number of nitrogens with one attached hydrogen (secondary N) is 2. The van der Waals surface area contributed by atoms with Crippen molar-refractivity contribution in [3.63, 3.8) is 0 Å². The molecule has 7 heteroatoms. The number of hydrogen-bond acceptors (Lipinski definition) is 5. The molecule has 0 aliphatic heterocycles. The maximum atomic E-state index is 12.0. The molecule has 0 heterocycles. The van der Waals surface area contributed by atoms with Gasteiger partial charge < -0.3 is 10.1 Å². The lowest BCUT2D eigenvalue weighted by atomic mass is 10.1. The van der Waals surface area contributed by atoms with Gasteiger partial charge in [-0.05, 0) is 38.0 Å². The highest BCUT2D eigenvalue weighted by Crippen LogP contribution is 2.17. The topological polar surface area (TPSA) is 108 Å². The summed E-state index contributed by atoms with van der Waals surface area (Å²) in [7, 11) is 0. The molecule has 0 spiro atoms. The van der Waals surface area contributed by atoms with Crippen molar-refractivity contribution < 1.29 is 19.1 Å². The molecule has 1 aromatic rings. The summed E-state index contributed by atoms with van der Waals surface area (Å²) in [5.74, 6) is -1.43. The number of urea groups is 1. The Bertz CT molecular complexity index is 675. The van der Waals surface area contributed by atoms with E-state index >= 15 is 0 Å². The molecule has 24 heavy (non-hydrogen) atoms. The molecule has 1 aromatic carbocycles. The smallest absolute Gasteiger partial charge is 0.338 e. The van der Waals surface area contributed by atoms with Gasteiger partial charge in [0.25, 0.3) is 5.91 Å². The molecule has 3 amide bonds. The Hall–Kier alpha value is -2.88. The van der Waals surface area contributed by atoms with E-state index in [0.29, 0.717) is 5.56 Å². The molecule has 1 saturated carbocycles. The molecule has 0 saturated heterocycles. The van der Waals surface area contributed by atoms with E-state index in [9.17, 15) is 14.4 Å². The number of nitrogens with zero attached hydrogens (tertiary/aromatic N) is 1. The molecule has 0 bridgehead atoms. The number of hydrogen-bond donors (Lipinski definition) is 2. The fourth-order valence-electron chi connectivity index (χ4n) is 2.50. The third kappa shape index (κ3) is 4.81. The number of rotatable bonds is 4. The predicted octanol–water partition coefficient (Wildman–Crippen LogP) is 1.87. The van der Waals surface area contributed by atoms with Crippen LogP contribution in [0.15, 0.2) is 24.3 Å². The Morgan fingerprint density at radius 3 is 2.67 bits per heavy atom. The minimum absolute atomic E-state index is 0.0874. The fourth-order valence-corrected chi connectivity index (χ4v) is 2.50. The molecule has 7 nitrogen and oxygen atoms in total. The van der Waals surface area contributed by atoms with Crippen LogP contribution >= 0.6 is 0 Å². The normalized spacial score (nSPS) is 15.2. The van der Waals surface area contributed by atoms with Crippen molar-refractivity contribution in [2.24, 2.45) is 0 Å². The minimum atomic E-state index is -1.13. The molecule has 0 aromatic heterocycles. The number of carbonyl (C=O) groups excluding carboxylic acids is 3. The molecule has 1 unspecified atom stereocenters. The van der Waals surface area contributed by atoms with Gasteiger partial charge in [-0.25, -0.2) is 9.59 Å². The molecular weight excluding hydrogens is 310 g/mol. The molecular formula is C17H19N3O4. The van der Waals surface area contributed by atoms with Gasteiger partial charge in [0.05, 0.1) is 17.2 Å². The van der Waals surface area contributed by atoms with Gasteiger partial charge in [-0.2, -0.15) is 5.26 Å². The van der Waals surface area contributed by atoms with Crippen LogP contribution in [0.5, 0.6) is 0 Å². The first-order valence-electron chi connectivity index (χ1n) is 7.82. The first-order valence-corrected chi connectivity index (χ1v) is 7.82. The van der Waals surface area contributed by atoms with Crippen LogP contribution in [0.4, 0.5) is 4.79 Å². The van der Waals surface area contributed by atoms with Crippen molar-refractivity contribution in [2.45, 2.75) is 44.8 Å². The Kier molecular flexibility index (Phi) is 5.90. The molecule has 2 N–H and O–H groups in total. The lowest BCUT2D eigenvalue weighted by Gasteiger charge is -2.15. The van der Waals surface area contributed by atoms with E-state index in [0.717, 1.165) is 25.7 Å². The summed E-state index contributed by atoms with van der Waals surface area (Å²) in [5.41, 5.74) is 0.488. The van der Waals surface area contributed by atoms with Crippen LogP contribution < -0.4 is 10.6 Å². The highest BCUT2D eigenvalue weighted by Gasteiger charge is 2.23. The van der Waals surface area contributed by atoms with Crippen LogP contribution in [-0.2, 0) is 9.53 Å². The maximum absolute atomic E-state index is 12.0. The largest absolute Gasteiger partial charge is 0.449 e. The summed E-state index contributed by atoms with van der Waals surface area (Å²) in [4.78, 5) is 35.6. The number of benzene rings is 1. The van der Waals surface area contributed by atoms with E-state index in [2.05, 4.69) is 10.6 Å². The van der Waals surface area contributed by atoms with E-state index in [4.69, 9.17) is 10.00 Å². The average Bonchev–Trinajstić information content (AvgIpc) is 3.07. The van der Waals surface area contributed by atoms with Crippen molar-refractivity contribution >= 4 is 17.9 Å².